The minimum Gasteiger partial charge on any atom is -0.496 e. The molecule has 1 aliphatic heterocycles. The summed E-state index contributed by atoms with van der Waals surface area (Å²) < 4.78 is 23.8. The second-order valence-corrected chi connectivity index (χ2v) is 12.8. The fourth-order valence-corrected chi connectivity index (χ4v) is 9.05. The molecular formula is C32H40O7. The molecule has 210 valence electrons. The highest BCUT2D eigenvalue weighted by atomic mass is 16.6. The van der Waals surface area contributed by atoms with Crippen molar-refractivity contribution in [2.24, 2.45) is 22.7 Å². The molecule has 0 amide bonds. The predicted octanol–water partition coefficient (Wildman–Crippen LogP) is 4.74. The molecule has 0 bridgehead atoms. The van der Waals surface area contributed by atoms with Gasteiger partial charge in [-0.2, -0.15) is 0 Å². The Balaban J connectivity index is 1.48. The number of allylic oxidation sites excluding steroid dienone is 1. The van der Waals surface area contributed by atoms with Crippen LogP contribution in [0.5, 0.6) is 5.75 Å². The summed E-state index contributed by atoms with van der Waals surface area (Å²) in [4.78, 5) is 12.8. The van der Waals surface area contributed by atoms with E-state index in [-0.39, 0.29) is 17.8 Å². The first-order valence-corrected chi connectivity index (χ1v) is 14.0. The number of carbonyl (C=O) groups excluding carboxylic acids is 1. The zero-order valence-corrected chi connectivity index (χ0v) is 23.9. The maximum Gasteiger partial charge on any atom is 0.333 e. The van der Waals surface area contributed by atoms with Crippen LogP contribution in [0.1, 0.15) is 57.7 Å². The molecule has 3 fully saturated rings. The Morgan fingerprint density at radius 2 is 1.97 bits per heavy atom. The van der Waals surface area contributed by atoms with Gasteiger partial charge in [-0.05, 0) is 61.9 Å². The average Bonchev–Trinajstić information content (AvgIpc) is 3.64. The molecule has 1 aromatic heterocycles. The third kappa shape index (κ3) is 3.24. The zero-order valence-electron chi connectivity index (χ0n) is 23.9. The van der Waals surface area contributed by atoms with E-state index in [1.165, 1.54) is 5.56 Å². The molecule has 1 aromatic carbocycles. The van der Waals surface area contributed by atoms with Gasteiger partial charge in [0.1, 0.15) is 11.9 Å². The maximum absolute atomic E-state index is 12.8. The van der Waals surface area contributed by atoms with E-state index >= 15 is 0 Å². The van der Waals surface area contributed by atoms with Gasteiger partial charge in [0, 0.05) is 45.3 Å². The van der Waals surface area contributed by atoms with Gasteiger partial charge in [-0.15, -0.1) is 0 Å². The zero-order chi connectivity index (χ0) is 28.1. The molecule has 7 heteroatoms. The molecule has 7 nitrogen and oxygen atoms in total. The van der Waals surface area contributed by atoms with Crippen LogP contribution in [0.2, 0.25) is 0 Å². The number of hydrogen-bond acceptors (Lipinski definition) is 7. The van der Waals surface area contributed by atoms with Crippen molar-refractivity contribution in [2.45, 2.75) is 84.2 Å². The number of methoxy groups -OCH3 is 1. The third-order valence-corrected chi connectivity index (χ3v) is 11.3. The lowest BCUT2D eigenvalue weighted by Crippen LogP contribution is -2.71. The Kier molecular flexibility index (Phi) is 5.93. The van der Waals surface area contributed by atoms with E-state index in [9.17, 15) is 15.0 Å². The van der Waals surface area contributed by atoms with Crippen molar-refractivity contribution in [3.05, 3.63) is 53.0 Å². The second kappa shape index (κ2) is 8.69. The fourth-order valence-electron chi connectivity index (χ4n) is 9.05. The minimum atomic E-state index is -0.800. The van der Waals surface area contributed by atoms with Crippen molar-refractivity contribution in [3.8, 4) is 16.9 Å². The molecule has 0 radical (unpaired) electrons. The monoisotopic (exact) mass is 536 g/mol. The summed E-state index contributed by atoms with van der Waals surface area (Å²) >= 11 is 0. The van der Waals surface area contributed by atoms with Gasteiger partial charge in [-0.3, -0.25) is 0 Å². The molecule has 2 heterocycles. The molecule has 2 aromatic rings. The normalized spacial score (nSPS) is 40.6. The molecule has 1 saturated heterocycles. The highest BCUT2D eigenvalue weighted by Crippen LogP contribution is 2.71. The molecule has 2 saturated carbocycles. The lowest BCUT2D eigenvalue weighted by molar-refractivity contribution is -0.235. The molecule has 2 N–H and O–H groups in total. The number of carbonyl (C=O) groups is 1. The summed E-state index contributed by atoms with van der Waals surface area (Å²) in [7, 11) is 1.67. The summed E-state index contributed by atoms with van der Waals surface area (Å²) in [6, 6.07) is 4.01. The molecule has 3 aliphatic carbocycles. The number of aliphatic hydroxyl groups excluding tert-OH is 2. The van der Waals surface area contributed by atoms with Crippen LogP contribution < -0.4 is 4.74 Å². The molecule has 6 rings (SSSR count). The second-order valence-electron chi connectivity index (χ2n) is 12.8. The standard InChI is InChI=1S/C32H40O7/c1-8-16(2)29(35)39-24-13-23(33)32(6)22-11-19-17(3)25(18-9-10-37-14-18)21(36-7)12-20(19)31(22,5)28(34)26-27(32)30(24,4)15-38-26/h8-10,12,14,22-24,26-28,33-34H,11,13,15H2,1-7H3/b16-8+/t22-,23-,24+,26+,27-,28+,30+,31-,32-/m0/s1. The summed E-state index contributed by atoms with van der Waals surface area (Å²) in [6.07, 6.45) is 3.65. The van der Waals surface area contributed by atoms with E-state index in [4.69, 9.17) is 18.6 Å². The summed E-state index contributed by atoms with van der Waals surface area (Å²) in [5.41, 5.74) is 4.06. The van der Waals surface area contributed by atoms with Crippen LogP contribution in [0, 0.1) is 29.6 Å². The van der Waals surface area contributed by atoms with Crippen LogP contribution in [0.15, 0.2) is 40.7 Å². The van der Waals surface area contributed by atoms with E-state index in [0.717, 1.165) is 34.4 Å². The molecule has 0 spiro atoms. The Hall–Kier alpha value is -2.61. The van der Waals surface area contributed by atoms with Gasteiger partial charge < -0.3 is 28.8 Å². The molecule has 0 unspecified atom stereocenters. The van der Waals surface area contributed by atoms with Gasteiger partial charge >= 0.3 is 5.97 Å². The molecule has 9 atom stereocenters. The molecule has 39 heavy (non-hydrogen) atoms. The van der Waals surface area contributed by atoms with Crippen LogP contribution in [0.4, 0.5) is 0 Å². The lowest BCUT2D eigenvalue weighted by atomic mass is 9.41. The highest BCUT2D eigenvalue weighted by Gasteiger charge is 2.75. The first-order chi connectivity index (χ1) is 18.4. The number of ether oxygens (including phenoxy) is 3. The van der Waals surface area contributed by atoms with E-state index in [2.05, 4.69) is 33.8 Å². The SMILES string of the molecule is C/C=C(\C)C(=O)O[C@@H]1C[C@H](O)[C@@]2(C)[C@H]3[C@@H](OC[C@]13C)[C@@H](O)[C@@]1(C)c3cc(OC)c(-c4ccoc4)c(C)c3C[C@@H]12. The quantitative estimate of drug-likeness (QED) is 0.430. The third-order valence-electron chi connectivity index (χ3n) is 11.3. The van der Waals surface area contributed by atoms with Crippen molar-refractivity contribution in [3.63, 3.8) is 0 Å². The van der Waals surface area contributed by atoms with Gasteiger partial charge in [-0.25, -0.2) is 4.79 Å². The number of furan rings is 1. The van der Waals surface area contributed by atoms with E-state index in [1.807, 2.05) is 13.0 Å². The van der Waals surface area contributed by atoms with Crippen molar-refractivity contribution >= 4 is 5.97 Å². The first kappa shape index (κ1) is 26.6. The van der Waals surface area contributed by atoms with Crippen LogP contribution in [0.25, 0.3) is 11.1 Å². The molecule has 4 aliphatic rings. The fraction of sp³-hybridized carbons (Fsp3) is 0.594. The smallest absolute Gasteiger partial charge is 0.333 e. The largest absolute Gasteiger partial charge is 0.496 e. The lowest BCUT2D eigenvalue weighted by Gasteiger charge is -2.64. The van der Waals surface area contributed by atoms with Crippen molar-refractivity contribution < 1.29 is 33.6 Å². The Morgan fingerprint density at radius 1 is 1.23 bits per heavy atom. The van der Waals surface area contributed by atoms with E-state index in [0.29, 0.717) is 18.6 Å². The number of esters is 1. The van der Waals surface area contributed by atoms with Crippen molar-refractivity contribution in [2.75, 3.05) is 13.7 Å². The highest BCUT2D eigenvalue weighted by molar-refractivity contribution is 5.87. The van der Waals surface area contributed by atoms with E-state index in [1.54, 1.807) is 32.6 Å². The summed E-state index contributed by atoms with van der Waals surface area (Å²) in [5, 5.41) is 24.1. The van der Waals surface area contributed by atoms with Crippen LogP contribution >= 0.6 is 0 Å². The summed E-state index contributed by atoms with van der Waals surface area (Å²) in [5.74, 6) is 0.133. The number of rotatable bonds is 4. The number of benzene rings is 1. The number of aliphatic hydroxyl groups is 2. The Bertz CT molecular complexity index is 1340. The van der Waals surface area contributed by atoms with Gasteiger partial charge in [0.2, 0.25) is 0 Å². The van der Waals surface area contributed by atoms with Gasteiger partial charge in [0.05, 0.1) is 44.6 Å². The minimum absolute atomic E-state index is 0.0517. The van der Waals surface area contributed by atoms with Crippen LogP contribution in [-0.4, -0.2) is 54.3 Å². The first-order valence-electron chi connectivity index (χ1n) is 14.0. The van der Waals surface area contributed by atoms with E-state index < -0.39 is 40.7 Å². The van der Waals surface area contributed by atoms with Gasteiger partial charge in [0.15, 0.2) is 0 Å². The van der Waals surface area contributed by atoms with Crippen LogP contribution in [0.3, 0.4) is 0 Å². The maximum atomic E-state index is 12.8. The summed E-state index contributed by atoms with van der Waals surface area (Å²) in [6.45, 7) is 12.4. The molecular weight excluding hydrogens is 496 g/mol. The van der Waals surface area contributed by atoms with Crippen molar-refractivity contribution in [1.29, 1.82) is 0 Å². The number of hydrogen-bond donors (Lipinski definition) is 2. The van der Waals surface area contributed by atoms with Crippen molar-refractivity contribution in [1.82, 2.24) is 0 Å². The Morgan fingerprint density at radius 3 is 2.62 bits per heavy atom. The topological polar surface area (TPSA) is 98.4 Å². The Labute approximate surface area is 230 Å². The van der Waals surface area contributed by atoms with Gasteiger partial charge in [-0.1, -0.05) is 26.8 Å². The predicted molar refractivity (Wildman–Crippen MR) is 145 cm³/mol. The van der Waals surface area contributed by atoms with Gasteiger partial charge in [0.25, 0.3) is 0 Å². The number of fused-ring (bicyclic) bond motifs is 4. The van der Waals surface area contributed by atoms with Crippen LogP contribution in [-0.2, 0) is 26.1 Å². The average molecular weight is 537 g/mol.